The van der Waals surface area contributed by atoms with E-state index in [1.165, 1.54) is 24.3 Å². The number of carbonyl (C=O) groups excluding carboxylic acids is 2. The van der Waals surface area contributed by atoms with Gasteiger partial charge in [-0.15, -0.1) is 0 Å². The van der Waals surface area contributed by atoms with Gasteiger partial charge in [0.15, 0.2) is 0 Å². The van der Waals surface area contributed by atoms with Crippen molar-refractivity contribution in [1.82, 2.24) is 10.6 Å². The highest BCUT2D eigenvalue weighted by Gasteiger charge is 2.21. The molecule has 2 amide bonds. The molecule has 2 rings (SSSR count). The van der Waals surface area contributed by atoms with E-state index in [4.69, 9.17) is 5.26 Å². The molecule has 6 heteroatoms. The molecule has 2 aromatic carbocycles. The topological polar surface area (TPSA) is 82.0 Å². The zero-order chi connectivity index (χ0) is 18.2. The molecule has 1 atom stereocenters. The van der Waals surface area contributed by atoms with E-state index in [2.05, 4.69) is 10.6 Å². The Bertz CT molecular complexity index is 797. The van der Waals surface area contributed by atoms with Gasteiger partial charge in [-0.1, -0.05) is 29.8 Å². The number of aryl methyl sites for hydroxylation is 1. The Kier molecular flexibility index (Phi) is 6.24. The minimum atomic E-state index is -0.840. The second kappa shape index (κ2) is 8.60. The summed E-state index contributed by atoms with van der Waals surface area (Å²) in [7, 11) is 0. The van der Waals surface area contributed by atoms with Crippen molar-refractivity contribution >= 4 is 11.8 Å². The monoisotopic (exact) mass is 339 g/mol. The fourth-order valence-corrected chi connectivity index (χ4v) is 2.38. The van der Waals surface area contributed by atoms with Gasteiger partial charge in [0, 0.05) is 12.0 Å². The van der Waals surface area contributed by atoms with E-state index in [9.17, 15) is 14.0 Å². The van der Waals surface area contributed by atoms with Gasteiger partial charge < -0.3 is 10.6 Å². The number of benzene rings is 2. The van der Waals surface area contributed by atoms with Gasteiger partial charge in [-0.05, 0) is 36.8 Å². The lowest BCUT2D eigenvalue weighted by Crippen LogP contribution is -2.48. The third-order valence-electron chi connectivity index (χ3n) is 3.59. The second-order valence-corrected chi connectivity index (χ2v) is 5.60. The SMILES string of the molecule is Cc1cccc(C[C@H](NC(=O)c2ccc(F)cc2)C(=O)NCC#N)c1. The van der Waals surface area contributed by atoms with Crippen LogP contribution in [0.15, 0.2) is 48.5 Å². The van der Waals surface area contributed by atoms with Crippen molar-refractivity contribution in [3.05, 3.63) is 71.0 Å². The number of hydrogen-bond donors (Lipinski definition) is 2. The summed E-state index contributed by atoms with van der Waals surface area (Å²) in [6.07, 6.45) is 0.284. The van der Waals surface area contributed by atoms with Gasteiger partial charge in [0.05, 0.1) is 6.07 Å². The number of amides is 2. The largest absolute Gasteiger partial charge is 0.341 e. The minimum Gasteiger partial charge on any atom is -0.341 e. The third kappa shape index (κ3) is 5.43. The number of rotatable bonds is 6. The average Bonchev–Trinajstić information content (AvgIpc) is 2.59. The fourth-order valence-electron chi connectivity index (χ4n) is 2.38. The number of nitriles is 1. The predicted octanol–water partition coefficient (Wildman–Crippen LogP) is 2.12. The molecular weight excluding hydrogens is 321 g/mol. The molecule has 0 saturated carbocycles. The van der Waals surface area contributed by atoms with Crippen molar-refractivity contribution in [2.24, 2.45) is 0 Å². The quantitative estimate of drug-likeness (QED) is 0.791. The van der Waals surface area contributed by atoms with E-state index in [1.807, 2.05) is 37.3 Å². The van der Waals surface area contributed by atoms with Crippen LogP contribution in [0.25, 0.3) is 0 Å². The molecule has 0 bridgehead atoms. The number of hydrogen-bond acceptors (Lipinski definition) is 3. The zero-order valence-electron chi connectivity index (χ0n) is 13.8. The maximum absolute atomic E-state index is 13.0. The van der Waals surface area contributed by atoms with Gasteiger partial charge in [-0.25, -0.2) is 4.39 Å². The van der Waals surface area contributed by atoms with Gasteiger partial charge in [0.25, 0.3) is 5.91 Å². The number of nitrogens with zero attached hydrogens (tertiary/aromatic N) is 1. The summed E-state index contributed by atoms with van der Waals surface area (Å²) in [4.78, 5) is 24.6. The summed E-state index contributed by atoms with van der Waals surface area (Å²) in [5.74, 6) is -1.37. The van der Waals surface area contributed by atoms with Crippen LogP contribution in [-0.2, 0) is 11.2 Å². The van der Waals surface area contributed by atoms with Crippen molar-refractivity contribution in [3.63, 3.8) is 0 Å². The van der Waals surface area contributed by atoms with Gasteiger partial charge >= 0.3 is 0 Å². The standard InChI is InChI=1S/C19H18FN3O2/c1-13-3-2-4-14(11-13)12-17(19(25)22-10-9-21)23-18(24)15-5-7-16(20)8-6-15/h2-8,11,17H,10,12H2,1H3,(H,22,25)(H,23,24)/t17-/m0/s1. The van der Waals surface area contributed by atoms with Gasteiger partial charge in [0.1, 0.15) is 18.4 Å². The molecule has 0 unspecified atom stereocenters. The summed E-state index contributed by atoms with van der Waals surface area (Å²) in [6, 6.07) is 13.6. The molecule has 0 aliphatic carbocycles. The highest BCUT2D eigenvalue weighted by Crippen LogP contribution is 2.09. The predicted molar refractivity (Wildman–Crippen MR) is 91.2 cm³/mol. The van der Waals surface area contributed by atoms with E-state index in [1.54, 1.807) is 0 Å². The lowest BCUT2D eigenvalue weighted by molar-refractivity contribution is -0.122. The second-order valence-electron chi connectivity index (χ2n) is 5.60. The number of carbonyl (C=O) groups is 2. The Morgan fingerprint density at radius 3 is 2.56 bits per heavy atom. The maximum atomic E-state index is 13.0. The van der Waals surface area contributed by atoms with Gasteiger partial charge in [0.2, 0.25) is 5.91 Å². The molecule has 5 nitrogen and oxygen atoms in total. The van der Waals surface area contributed by atoms with Crippen LogP contribution in [0.1, 0.15) is 21.5 Å². The van der Waals surface area contributed by atoms with Crippen LogP contribution in [0, 0.1) is 24.1 Å². The molecule has 128 valence electrons. The Morgan fingerprint density at radius 2 is 1.92 bits per heavy atom. The fraction of sp³-hybridized carbons (Fsp3) is 0.211. The van der Waals surface area contributed by atoms with Crippen molar-refractivity contribution in [2.45, 2.75) is 19.4 Å². The summed E-state index contributed by atoms with van der Waals surface area (Å²) >= 11 is 0. The first-order chi connectivity index (χ1) is 12.0. The lowest BCUT2D eigenvalue weighted by Gasteiger charge is -2.18. The van der Waals surface area contributed by atoms with Crippen molar-refractivity contribution in [1.29, 1.82) is 5.26 Å². The summed E-state index contributed by atoms with van der Waals surface area (Å²) in [6.45, 7) is 1.79. The maximum Gasteiger partial charge on any atom is 0.251 e. The van der Waals surface area contributed by atoms with Crippen molar-refractivity contribution in [2.75, 3.05) is 6.54 Å². The Labute approximate surface area is 145 Å². The molecule has 0 fully saturated rings. The van der Waals surface area contributed by atoms with Crippen LogP contribution >= 0.6 is 0 Å². The van der Waals surface area contributed by atoms with E-state index >= 15 is 0 Å². The molecule has 0 saturated heterocycles. The van der Waals surface area contributed by atoms with Crippen LogP contribution in [-0.4, -0.2) is 24.4 Å². The third-order valence-corrected chi connectivity index (χ3v) is 3.59. The normalized spacial score (nSPS) is 11.2. The van der Waals surface area contributed by atoms with E-state index < -0.39 is 23.7 Å². The van der Waals surface area contributed by atoms with Crippen LogP contribution < -0.4 is 10.6 Å². The Hall–Kier alpha value is -3.20. The first-order valence-corrected chi connectivity index (χ1v) is 7.76. The van der Waals surface area contributed by atoms with Gasteiger partial charge in [-0.2, -0.15) is 5.26 Å². The lowest BCUT2D eigenvalue weighted by atomic mass is 10.0. The first kappa shape index (κ1) is 18.1. The van der Waals surface area contributed by atoms with E-state index in [-0.39, 0.29) is 18.5 Å². The average molecular weight is 339 g/mol. The van der Waals surface area contributed by atoms with Gasteiger partial charge in [-0.3, -0.25) is 9.59 Å². The van der Waals surface area contributed by atoms with E-state index in [0.29, 0.717) is 0 Å². The molecular formula is C19H18FN3O2. The Morgan fingerprint density at radius 1 is 1.20 bits per heavy atom. The molecule has 0 aliphatic heterocycles. The molecule has 2 N–H and O–H groups in total. The molecule has 0 aliphatic rings. The van der Waals surface area contributed by atoms with Crippen LogP contribution in [0.3, 0.4) is 0 Å². The smallest absolute Gasteiger partial charge is 0.251 e. The highest BCUT2D eigenvalue weighted by molar-refractivity contribution is 5.97. The van der Waals surface area contributed by atoms with Crippen LogP contribution in [0.4, 0.5) is 4.39 Å². The molecule has 0 heterocycles. The molecule has 2 aromatic rings. The first-order valence-electron chi connectivity index (χ1n) is 7.76. The molecule has 25 heavy (non-hydrogen) atoms. The number of halogens is 1. The highest BCUT2D eigenvalue weighted by atomic mass is 19.1. The molecule has 0 radical (unpaired) electrons. The summed E-state index contributed by atoms with van der Waals surface area (Å²) in [5, 5.41) is 13.7. The summed E-state index contributed by atoms with van der Waals surface area (Å²) < 4.78 is 13.0. The zero-order valence-corrected chi connectivity index (χ0v) is 13.8. The minimum absolute atomic E-state index is 0.143. The van der Waals surface area contributed by atoms with Crippen molar-refractivity contribution in [3.8, 4) is 6.07 Å². The number of nitrogens with one attached hydrogen (secondary N) is 2. The Balaban J connectivity index is 2.15. The van der Waals surface area contributed by atoms with Crippen LogP contribution in [0.5, 0.6) is 0 Å². The molecule has 0 aromatic heterocycles. The molecule has 0 spiro atoms. The summed E-state index contributed by atoms with van der Waals surface area (Å²) in [5.41, 5.74) is 2.18. The van der Waals surface area contributed by atoms with Crippen molar-refractivity contribution < 1.29 is 14.0 Å². The van der Waals surface area contributed by atoms with E-state index in [0.717, 1.165) is 11.1 Å². The van der Waals surface area contributed by atoms with Crippen LogP contribution in [0.2, 0.25) is 0 Å².